The Balaban J connectivity index is 1.89. The molecule has 2 atom stereocenters. The van der Waals surface area contributed by atoms with E-state index in [0.29, 0.717) is 23.4 Å². The second-order valence-electron chi connectivity index (χ2n) is 11.3. The molecule has 0 aromatic heterocycles. The molecular weight excluding hydrogens is 679 g/mol. The highest BCUT2D eigenvalue weighted by molar-refractivity contribution is 7.93. The number of benzene rings is 3. The lowest BCUT2D eigenvalue weighted by atomic mass is 9.78. The number of alkyl halides is 3. The number of nitrogens with zero attached hydrogens (tertiary/aromatic N) is 3. The van der Waals surface area contributed by atoms with Crippen molar-refractivity contribution in [2.45, 2.75) is 42.1 Å². The lowest BCUT2D eigenvalue weighted by Gasteiger charge is -2.47. The van der Waals surface area contributed by atoms with Gasteiger partial charge in [0.05, 0.1) is 25.9 Å². The van der Waals surface area contributed by atoms with E-state index in [4.69, 9.17) is 21.1 Å². The molecule has 2 aliphatic heterocycles. The summed E-state index contributed by atoms with van der Waals surface area (Å²) < 4.78 is 85.1. The average molecular weight is 710 g/mol. The molecule has 0 bridgehead atoms. The number of carbonyl (C=O) groups excluding carboxylic acids is 3. The Morgan fingerprint density at radius 3 is 2.35 bits per heavy atom. The van der Waals surface area contributed by atoms with Gasteiger partial charge in [0.25, 0.3) is 15.9 Å². The van der Waals surface area contributed by atoms with Gasteiger partial charge in [-0.1, -0.05) is 18.0 Å². The summed E-state index contributed by atoms with van der Waals surface area (Å²) in [6, 6.07) is 9.90. The van der Waals surface area contributed by atoms with Crippen LogP contribution < -0.4 is 18.5 Å². The number of hydrogen-bond acceptors (Lipinski definition) is 9. The Hall–Kier alpha value is -4.34. The molecule has 16 heteroatoms. The predicted octanol–water partition coefficient (Wildman–Crippen LogP) is 4.99. The molecule has 48 heavy (non-hydrogen) atoms. The van der Waals surface area contributed by atoms with Crippen molar-refractivity contribution in [3.63, 3.8) is 0 Å². The first-order chi connectivity index (χ1) is 22.6. The molecule has 2 amide bonds. The number of methoxy groups -OCH3 is 2. The maximum absolute atomic E-state index is 15.3. The number of fused-ring (bicyclic) bond motifs is 1. The van der Waals surface area contributed by atoms with E-state index in [1.165, 1.54) is 55.5 Å². The van der Waals surface area contributed by atoms with Crippen LogP contribution in [0, 0.1) is 0 Å². The minimum absolute atomic E-state index is 0.00943. The zero-order valence-corrected chi connectivity index (χ0v) is 27.8. The van der Waals surface area contributed by atoms with Crippen LogP contribution in [0.25, 0.3) is 0 Å². The van der Waals surface area contributed by atoms with E-state index in [2.05, 4.69) is 4.74 Å². The largest absolute Gasteiger partial charge is 0.573 e. The molecule has 11 nitrogen and oxygen atoms in total. The highest BCUT2D eigenvalue weighted by atomic mass is 35.5. The monoisotopic (exact) mass is 709 g/mol. The van der Waals surface area contributed by atoms with E-state index >= 15 is 4.79 Å². The molecule has 0 N–H and O–H groups in total. The number of hydrogen-bond donors (Lipinski definition) is 0. The molecule has 3 aromatic carbocycles. The van der Waals surface area contributed by atoms with E-state index in [0.717, 1.165) is 18.2 Å². The number of sulfonamides is 1. The summed E-state index contributed by atoms with van der Waals surface area (Å²) in [5.74, 6) is -2.74. The Bertz CT molecular complexity index is 1890. The minimum Gasteiger partial charge on any atom is -0.497 e. The Labute approximate surface area is 279 Å². The summed E-state index contributed by atoms with van der Waals surface area (Å²) >= 11 is 6.50. The molecule has 2 heterocycles. The molecule has 0 spiro atoms. The van der Waals surface area contributed by atoms with Crippen molar-refractivity contribution < 1.29 is 50.2 Å². The third kappa shape index (κ3) is 5.83. The fraction of sp³-hybridized carbons (Fsp3) is 0.344. The summed E-state index contributed by atoms with van der Waals surface area (Å²) in [4.78, 5) is 43.1. The van der Waals surface area contributed by atoms with Crippen LogP contribution in [0.15, 0.2) is 59.5 Å². The zero-order valence-electron chi connectivity index (χ0n) is 26.2. The predicted molar refractivity (Wildman–Crippen MR) is 168 cm³/mol. The number of halogens is 4. The Morgan fingerprint density at radius 1 is 1.00 bits per heavy atom. The van der Waals surface area contributed by atoms with Gasteiger partial charge in [0.1, 0.15) is 22.7 Å². The average Bonchev–Trinajstić information content (AvgIpc) is 3.31. The first-order valence-corrected chi connectivity index (χ1v) is 16.4. The van der Waals surface area contributed by atoms with Gasteiger partial charge in [-0.25, -0.2) is 12.7 Å². The second kappa shape index (κ2) is 12.9. The minimum atomic E-state index is -5.31. The van der Waals surface area contributed by atoms with Crippen LogP contribution in [-0.2, 0) is 25.2 Å². The normalized spacial score (nSPS) is 19.9. The van der Waals surface area contributed by atoms with Gasteiger partial charge in [-0.05, 0) is 61.4 Å². The molecule has 0 saturated carbocycles. The molecule has 1 saturated heterocycles. The van der Waals surface area contributed by atoms with E-state index in [1.807, 2.05) is 0 Å². The summed E-state index contributed by atoms with van der Waals surface area (Å²) in [6.45, 7) is 0.106. The third-order valence-corrected chi connectivity index (χ3v) is 10.3. The number of carbonyl (C=O) groups is 3. The van der Waals surface area contributed by atoms with Gasteiger partial charge in [-0.3, -0.25) is 19.3 Å². The van der Waals surface area contributed by atoms with Crippen molar-refractivity contribution in [1.82, 2.24) is 9.80 Å². The van der Waals surface area contributed by atoms with Gasteiger partial charge < -0.3 is 19.1 Å². The highest BCUT2D eigenvalue weighted by Crippen LogP contribution is 2.55. The Kier molecular flexibility index (Phi) is 9.43. The summed E-state index contributed by atoms with van der Waals surface area (Å²) in [5.41, 5.74) is -2.27. The van der Waals surface area contributed by atoms with Crippen LogP contribution in [0.4, 0.5) is 18.9 Å². The van der Waals surface area contributed by atoms with E-state index in [-0.39, 0.29) is 57.8 Å². The fourth-order valence-corrected chi connectivity index (χ4v) is 8.11. The molecule has 0 aliphatic carbocycles. The molecule has 256 valence electrons. The van der Waals surface area contributed by atoms with Crippen molar-refractivity contribution in [1.29, 1.82) is 0 Å². The number of piperidine rings is 1. The van der Waals surface area contributed by atoms with Gasteiger partial charge >= 0.3 is 6.36 Å². The first-order valence-electron chi connectivity index (χ1n) is 14.6. The van der Waals surface area contributed by atoms with Crippen LogP contribution >= 0.6 is 11.6 Å². The molecule has 1 unspecified atom stereocenters. The smallest absolute Gasteiger partial charge is 0.497 e. The van der Waals surface area contributed by atoms with Crippen LogP contribution in [-0.4, -0.2) is 83.6 Å². The standard InChI is InChI=1S/C32H31ClF3N3O8S/c1-37(2)29(41)25-7-5-6-14-38(25)31(23-15-19(18-40)8-12-26(23)46-4)22-16-20(33)9-11-24(22)39(30(31)42)48(43,44)28-13-10-21(45-3)17-27(28)47-32(34,35)36/h8-13,15-18,25H,5-7,14H2,1-4H3/t25-,31?/m0/s1. The molecule has 3 aromatic rings. The Morgan fingerprint density at radius 2 is 1.73 bits per heavy atom. The van der Waals surface area contributed by atoms with Gasteiger partial charge in [0.2, 0.25) is 5.91 Å². The van der Waals surface area contributed by atoms with Gasteiger partial charge in [-0.15, -0.1) is 13.2 Å². The maximum Gasteiger partial charge on any atom is 0.573 e. The maximum atomic E-state index is 15.3. The third-order valence-electron chi connectivity index (χ3n) is 8.36. The summed E-state index contributed by atoms with van der Waals surface area (Å²) in [6.07, 6.45) is -3.40. The molecule has 5 rings (SSSR count). The van der Waals surface area contributed by atoms with Gasteiger partial charge in [0.15, 0.2) is 11.3 Å². The number of rotatable bonds is 9. The lowest BCUT2D eigenvalue weighted by molar-refractivity contribution is -0.275. The topological polar surface area (TPSA) is 123 Å². The SMILES string of the molecule is COc1ccc(S(=O)(=O)N2C(=O)C(c3cc(C=O)ccc3OC)(N3CCCC[C@H]3C(=O)N(C)C)c3cc(Cl)ccc32)c(OC(F)(F)F)c1. The van der Waals surface area contributed by atoms with E-state index < -0.39 is 44.5 Å². The number of ether oxygens (including phenoxy) is 3. The van der Waals surface area contributed by atoms with Gasteiger partial charge in [-0.2, -0.15) is 0 Å². The fourth-order valence-electron chi connectivity index (χ4n) is 6.38. The van der Waals surface area contributed by atoms with Crippen molar-refractivity contribution in [2.24, 2.45) is 0 Å². The number of likely N-dealkylation sites (N-methyl/N-ethyl adjacent to an activating group) is 1. The summed E-state index contributed by atoms with van der Waals surface area (Å²) in [5, 5.41) is 0.0914. The van der Waals surface area contributed by atoms with Gasteiger partial charge in [0, 0.05) is 48.4 Å². The number of amides is 2. The van der Waals surface area contributed by atoms with Crippen molar-refractivity contribution in [3.8, 4) is 17.2 Å². The first kappa shape index (κ1) is 35.0. The molecule has 1 fully saturated rings. The van der Waals surface area contributed by atoms with Crippen LogP contribution in [0.3, 0.4) is 0 Å². The lowest BCUT2D eigenvalue weighted by Crippen LogP contribution is -2.62. The quantitative estimate of drug-likeness (QED) is 0.283. The van der Waals surface area contributed by atoms with Crippen LogP contribution in [0.5, 0.6) is 17.2 Å². The number of aldehydes is 1. The molecule has 2 aliphatic rings. The molecule has 0 radical (unpaired) electrons. The van der Waals surface area contributed by atoms with Crippen molar-refractivity contribution in [3.05, 3.63) is 76.3 Å². The van der Waals surface area contributed by atoms with E-state index in [9.17, 15) is 31.2 Å². The highest BCUT2D eigenvalue weighted by Gasteiger charge is 2.63. The van der Waals surface area contributed by atoms with Crippen LogP contribution in [0.2, 0.25) is 5.02 Å². The number of likely N-dealkylation sites (tertiary alicyclic amines) is 1. The summed E-state index contributed by atoms with van der Waals surface area (Å²) in [7, 11) is 0.347. The van der Waals surface area contributed by atoms with Crippen molar-refractivity contribution in [2.75, 3.05) is 39.2 Å². The van der Waals surface area contributed by atoms with Crippen molar-refractivity contribution >= 4 is 45.4 Å². The molecular formula is C32H31ClF3N3O8S. The van der Waals surface area contributed by atoms with E-state index in [1.54, 1.807) is 19.0 Å². The second-order valence-corrected chi connectivity index (χ2v) is 13.5. The number of anilines is 1. The van der Waals surface area contributed by atoms with Crippen LogP contribution in [0.1, 0.15) is 40.7 Å². The zero-order chi connectivity index (χ0) is 35.2.